The second kappa shape index (κ2) is 9.02. The van der Waals surface area contributed by atoms with Crippen molar-refractivity contribution in [3.63, 3.8) is 0 Å². The van der Waals surface area contributed by atoms with Crippen LogP contribution in [0.2, 0.25) is 0 Å². The third kappa shape index (κ3) is 5.51. The molecule has 0 bridgehead atoms. The molecule has 1 aromatic carbocycles. The quantitative estimate of drug-likeness (QED) is 0.759. The highest BCUT2D eigenvalue weighted by Crippen LogP contribution is 2.27. The first-order chi connectivity index (χ1) is 9.45. The van der Waals surface area contributed by atoms with Crippen molar-refractivity contribution in [3.8, 4) is 0 Å². The summed E-state index contributed by atoms with van der Waals surface area (Å²) in [6.07, 6.45) is 4.74. The Bertz CT molecular complexity index is 646. The molecule has 5 nitrogen and oxygen atoms in total. The Morgan fingerprint density at radius 1 is 1.41 bits per heavy atom. The third-order valence-corrected chi connectivity index (χ3v) is 3.48. The number of hydrogen-bond acceptors (Lipinski definition) is 3. The molecule has 0 unspecified atom stereocenters. The van der Waals surface area contributed by atoms with Gasteiger partial charge in [-0.1, -0.05) is 15.9 Å². The molecule has 0 aliphatic rings. The van der Waals surface area contributed by atoms with E-state index in [-0.39, 0.29) is 30.7 Å². The molecule has 0 aliphatic carbocycles. The first-order valence-electron chi connectivity index (χ1n) is 6.28. The lowest BCUT2D eigenvalue weighted by Gasteiger charge is -2.11. The third-order valence-electron chi connectivity index (χ3n) is 3.02. The van der Waals surface area contributed by atoms with E-state index in [2.05, 4.69) is 26.3 Å². The molecule has 122 valence electrons. The van der Waals surface area contributed by atoms with Gasteiger partial charge in [-0.05, 0) is 36.6 Å². The summed E-state index contributed by atoms with van der Waals surface area (Å²) >= 11 is 3.40. The zero-order valence-corrected chi connectivity index (χ0v) is 15.5. The predicted molar refractivity (Wildman–Crippen MR) is 97.9 cm³/mol. The van der Waals surface area contributed by atoms with Crippen molar-refractivity contribution in [2.24, 2.45) is 7.05 Å². The average Bonchev–Trinajstić information content (AvgIpc) is 2.79. The molecule has 2 rings (SSSR count). The summed E-state index contributed by atoms with van der Waals surface area (Å²) in [5.41, 5.74) is 9.18. The van der Waals surface area contributed by atoms with Crippen molar-refractivity contribution in [1.29, 1.82) is 0 Å². The summed E-state index contributed by atoms with van der Waals surface area (Å²) in [6, 6.07) is 3.73. The SMILES string of the molecule is Cc1cc(Br)cc(NC(=O)CCc2cnn(C)c2)c1N.Cl.Cl. The lowest BCUT2D eigenvalue weighted by atomic mass is 10.1. The van der Waals surface area contributed by atoms with Crippen molar-refractivity contribution in [2.75, 3.05) is 11.1 Å². The van der Waals surface area contributed by atoms with Crippen LogP contribution in [-0.4, -0.2) is 15.7 Å². The molecule has 2 aromatic rings. The van der Waals surface area contributed by atoms with Crippen molar-refractivity contribution < 1.29 is 4.79 Å². The van der Waals surface area contributed by atoms with E-state index in [0.29, 0.717) is 24.2 Å². The Kier molecular flexibility index (Phi) is 8.52. The number of aromatic nitrogens is 2. The van der Waals surface area contributed by atoms with Crippen LogP contribution in [-0.2, 0) is 18.3 Å². The molecular formula is C14H19BrCl2N4O. The number of nitrogens with zero attached hydrogens (tertiary/aromatic N) is 2. The number of nitrogen functional groups attached to an aromatic ring is 1. The summed E-state index contributed by atoms with van der Waals surface area (Å²) < 4.78 is 2.62. The van der Waals surface area contributed by atoms with Gasteiger partial charge in [0.2, 0.25) is 5.91 Å². The Morgan fingerprint density at radius 2 is 2.09 bits per heavy atom. The van der Waals surface area contributed by atoms with Gasteiger partial charge in [0.15, 0.2) is 0 Å². The van der Waals surface area contributed by atoms with Crippen molar-refractivity contribution in [1.82, 2.24) is 9.78 Å². The fourth-order valence-electron chi connectivity index (χ4n) is 1.93. The van der Waals surface area contributed by atoms with Crippen LogP contribution in [0.15, 0.2) is 29.0 Å². The average molecular weight is 410 g/mol. The van der Waals surface area contributed by atoms with Gasteiger partial charge in [-0.2, -0.15) is 5.10 Å². The topological polar surface area (TPSA) is 72.9 Å². The van der Waals surface area contributed by atoms with Gasteiger partial charge >= 0.3 is 0 Å². The summed E-state index contributed by atoms with van der Waals surface area (Å²) in [5, 5.41) is 6.92. The summed E-state index contributed by atoms with van der Waals surface area (Å²) in [5.74, 6) is -0.0574. The largest absolute Gasteiger partial charge is 0.397 e. The number of halogens is 3. The van der Waals surface area contributed by atoms with Gasteiger partial charge in [0.05, 0.1) is 17.6 Å². The minimum absolute atomic E-state index is 0. The number of rotatable bonds is 4. The van der Waals surface area contributed by atoms with Crippen LogP contribution in [0.5, 0.6) is 0 Å². The molecule has 0 atom stereocenters. The monoisotopic (exact) mass is 408 g/mol. The lowest BCUT2D eigenvalue weighted by Crippen LogP contribution is -2.14. The number of benzene rings is 1. The number of anilines is 2. The highest BCUT2D eigenvalue weighted by atomic mass is 79.9. The Hall–Kier alpha value is -1.24. The van der Waals surface area contributed by atoms with Gasteiger partial charge in [-0.25, -0.2) is 0 Å². The molecule has 0 saturated carbocycles. The number of amides is 1. The Morgan fingerprint density at radius 3 is 2.68 bits per heavy atom. The second-order valence-electron chi connectivity index (χ2n) is 4.75. The molecule has 1 heterocycles. The van der Waals surface area contributed by atoms with Crippen LogP contribution in [0.4, 0.5) is 11.4 Å². The van der Waals surface area contributed by atoms with Crippen LogP contribution >= 0.6 is 40.7 Å². The fourth-order valence-corrected chi connectivity index (χ4v) is 2.50. The van der Waals surface area contributed by atoms with Gasteiger partial charge in [0.25, 0.3) is 0 Å². The maximum absolute atomic E-state index is 12.0. The number of nitrogens with two attached hydrogens (primary N) is 1. The Balaban J connectivity index is 0.00000220. The lowest BCUT2D eigenvalue weighted by molar-refractivity contribution is -0.116. The van der Waals surface area contributed by atoms with Gasteiger partial charge in [0.1, 0.15) is 0 Å². The van der Waals surface area contributed by atoms with E-state index < -0.39 is 0 Å². The van der Waals surface area contributed by atoms with Crippen molar-refractivity contribution in [2.45, 2.75) is 19.8 Å². The number of nitrogens with one attached hydrogen (secondary N) is 1. The van der Waals surface area contributed by atoms with Gasteiger partial charge < -0.3 is 11.1 Å². The van der Waals surface area contributed by atoms with E-state index in [1.165, 1.54) is 0 Å². The zero-order chi connectivity index (χ0) is 14.7. The predicted octanol–water partition coefficient (Wildman–Crippen LogP) is 3.49. The number of hydrogen-bond donors (Lipinski definition) is 2. The molecule has 1 amide bonds. The molecule has 0 radical (unpaired) electrons. The van der Waals surface area contributed by atoms with Crippen LogP contribution in [0.1, 0.15) is 17.5 Å². The maximum atomic E-state index is 12.0. The first-order valence-corrected chi connectivity index (χ1v) is 7.08. The summed E-state index contributed by atoms with van der Waals surface area (Å²) in [7, 11) is 1.86. The fraction of sp³-hybridized carbons (Fsp3) is 0.286. The van der Waals surface area contributed by atoms with Gasteiger partial charge in [0, 0.05) is 24.1 Å². The van der Waals surface area contributed by atoms with E-state index in [0.717, 1.165) is 15.6 Å². The molecule has 22 heavy (non-hydrogen) atoms. The van der Waals surface area contributed by atoms with E-state index >= 15 is 0 Å². The van der Waals surface area contributed by atoms with E-state index in [1.54, 1.807) is 10.9 Å². The highest BCUT2D eigenvalue weighted by molar-refractivity contribution is 9.10. The van der Waals surface area contributed by atoms with Crippen molar-refractivity contribution >= 4 is 58.0 Å². The minimum Gasteiger partial charge on any atom is -0.397 e. The van der Waals surface area contributed by atoms with Gasteiger partial charge in [-0.15, -0.1) is 24.8 Å². The zero-order valence-electron chi connectivity index (χ0n) is 12.3. The first kappa shape index (κ1) is 20.8. The van der Waals surface area contributed by atoms with Crippen LogP contribution in [0.3, 0.4) is 0 Å². The smallest absolute Gasteiger partial charge is 0.224 e. The molecule has 3 N–H and O–H groups in total. The molecule has 0 saturated heterocycles. The highest BCUT2D eigenvalue weighted by Gasteiger charge is 2.09. The molecule has 0 aliphatic heterocycles. The molecule has 1 aromatic heterocycles. The van der Waals surface area contributed by atoms with Crippen LogP contribution in [0.25, 0.3) is 0 Å². The molecule has 8 heteroatoms. The van der Waals surface area contributed by atoms with Crippen molar-refractivity contribution in [3.05, 3.63) is 40.1 Å². The van der Waals surface area contributed by atoms with E-state index in [1.807, 2.05) is 32.3 Å². The number of carbonyl (C=O) groups excluding carboxylic acids is 1. The van der Waals surface area contributed by atoms with E-state index in [4.69, 9.17) is 5.73 Å². The number of aryl methyl sites for hydroxylation is 3. The number of carbonyl (C=O) groups is 1. The van der Waals surface area contributed by atoms with Crippen LogP contribution in [0, 0.1) is 6.92 Å². The second-order valence-corrected chi connectivity index (χ2v) is 5.67. The Labute approximate surface area is 150 Å². The van der Waals surface area contributed by atoms with E-state index in [9.17, 15) is 4.79 Å². The molecule has 0 spiro atoms. The normalized spacial score (nSPS) is 9.59. The maximum Gasteiger partial charge on any atom is 0.224 e. The molecule has 0 fully saturated rings. The summed E-state index contributed by atoms with van der Waals surface area (Å²) in [6.45, 7) is 1.91. The minimum atomic E-state index is -0.0574. The van der Waals surface area contributed by atoms with Gasteiger partial charge in [-0.3, -0.25) is 9.48 Å². The standard InChI is InChI=1S/C14H17BrN4O.2ClH/c1-9-5-11(15)6-12(14(9)16)18-13(20)4-3-10-7-17-19(2)8-10;;/h5-8H,3-4,16H2,1-2H3,(H,18,20);2*1H. The molecular weight excluding hydrogens is 391 g/mol. The van der Waals surface area contributed by atoms with Crippen LogP contribution < -0.4 is 11.1 Å². The summed E-state index contributed by atoms with van der Waals surface area (Å²) in [4.78, 5) is 12.0.